The molecule has 0 spiro atoms. The quantitative estimate of drug-likeness (QED) is 0.876. The van der Waals surface area contributed by atoms with Crippen molar-refractivity contribution in [2.24, 2.45) is 5.73 Å². The van der Waals surface area contributed by atoms with Crippen LogP contribution >= 0.6 is 0 Å². The molecule has 2 rings (SSSR count). The number of halogens is 1. The third-order valence-electron chi connectivity index (χ3n) is 3.70. The van der Waals surface area contributed by atoms with E-state index >= 15 is 0 Å². The second kappa shape index (κ2) is 4.53. The van der Waals surface area contributed by atoms with E-state index in [1.54, 1.807) is 14.2 Å². The first-order valence-corrected chi connectivity index (χ1v) is 5.79. The molecule has 1 aliphatic rings. The second-order valence-electron chi connectivity index (χ2n) is 4.52. The number of nitrogens with two attached hydrogens (primary N) is 1. The Hall–Kier alpha value is -1.29. The molecule has 3 nitrogen and oxygen atoms in total. The fraction of sp³-hybridized carbons (Fsp3) is 0.538. The maximum atomic E-state index is 13.4. The molecule has 0 heterocycles. The molecule has 0 saturated heterocycles. The summed E-state index contributed by atoms with van der Waals surface area (Å²) in [5, 5.41) is 0. The van der Waals surface area contributed by atoms with Crippen molar-refractivity contribution in [1.82, 2.24) is 0 Å². The van der Waals surface area contributed by atoms with Gasteiger partial charge in [-0.05, 0) is 12.8 Å². The zero-order valence-corrected chi connectivity index (χ0v) is 10.3. The average molecular weight is 239 g/mol. The van der Waals surface area contributed by atoms with E-state index < -0.39 is 0 Å². The molecule has 1 saturated carbocycles. The van der Waals surface area contributed by atoms with Crippen molar-refractivity contribution in [3.63, 3.8) is 0 Å². The minimum absolute atomic E-state index is 0.107. The van der Waals surface area contributed by atoms with Crippen LogP contribution < -0.4 is 15.2 Å². The lowest BCUT2D eigenvalue weighted by atomic mass is 9.64. The number of ether oxygens (including phenoxy) is 2. The Balaban J connectivity index is 2.57. The van der Waals surface area contributed by atoms with Crippen LogP contribution in [0.25, 0.3) is 0 Å². The molecule has 0 amide bonds. The van der Waals surface area contributed by atoms with Gasteiger partial charge in [0, 0.05) is 29.7 Å². The highest BCUT2D eigenvalue weighted by molar-refractivity contribution is 5.51. The summed E-state index contributed by atoms with van der Waals surface area (Å²) in [5.41, 5.74) is 6.69. The number of hydrogen-bond acceptors (Lipinski definition) is 3. The van der Waals surface area contributed by atoms with Crippen molar-refractivity contribution >= 4 is 0 Å². The van der Waals surface area contributed by atoms with Gasteiger partial charge >= 0.3 is 0 Å². The van der Waals surface area contributed by atoms with Crippen molar-refractivity contribution in [2.75, 3.05) is 20.8 Å². The summed E-state index contributed by atoms with van der Waals surface area (Å²) < 4.78 is 24.0. The minimum Gasteiger partial charge on any atom is -0.496 e. The Labute approximate surface area is 101 Å². The highest BCUT2D eigenvalue weighted by atomic mass is 19.1. The van der Waals surface area contributed by atoms with Gasteiger partial charge in [-0.1, -0.05) is 6.42 Å². The lowest BCUT2D eigenvalue weighted by Gasteiger charge is -2.42. The van der Waals surface area contributed by atoms with E-state index in [-0.39, 0.29) is 11.2 Å². The molecule has 1 aliphatic carbocycles. The van der Waals surface area contributed by atoms with Crippen molar-refractivity contribution in [3.05, 3.63) is 23.5 Å². The maximum absolute atomic E-state index is 13.4. The number of rotatable bonds is 4. The molecule has 1 aromatic carbocycles. The van der Waals surface area contributed by atoms with Crippen LogP contribution in [-0.2, 0) is 5.41 Å². The summed E-state index contributed by atoms with van der Waals surface area (Å²) >= 11 is 0. The van der Waals surface area contributed by atoms with Gasteiger partial charge in [0.25, 0.3) is 0 Å². The molecule has 1 fully saturated rings. The van der Waals surface area contributed by atoms with E-state index in [9.17, 15) is 4.39 Å². The molecular weight excluding hydrogens is 221 g/mol. The number of methoxy groups -OCH3 is 2. The van der Waals surface area contributed by atoms with E-state index in [0.29, 0.717) is 18.0 Å². The van der Waals surface area contributed by atoms with Crippen molar-refractivity contribution in [2.45, 2.75) is 24.7 Å². The van der Waals surface area contributed by atoms with Gasteiger partial charge in [0.05, 0.1) is 14.2 Å². The second-order valence-corrected chi connectivity index (χ2v) is 4.52. The van der Waals surface area contributed by atoms with Crippen LogP contribution in [0.5, 0.6) is 11.5 Å². The van der Waals surface area contributed by atoms with E-state index in [0.717, 1.165) is 24.8 Å². The first-order valence-electron chi connectivity index (χ1n) is 5.79. The Morgan fingerprint density at radius 3 is 2.06 bits per heavy atom. The largest absolute Gasteiger partial charge is 0.496 e. The van der Waals surface area contributed by atoms with Gasteiger partial charge in [-0.15, -0.1) is 0 Å². The molecule has 0 unspecified atom stereocenters. The van der Waals surface area contributed by atoms with Gasteiger partial charge in [-0.3, -0.25) is 0 Å². The molecule has 4 heteroatoms. The smallest absolute Gasteiger partial charge is 0.130 e. The van der Waals surface area contributed by atoms with Gasteiger partial charge in [0.1, 0.15) is 17.3 Å². The minimum atomic E-state index is -0.353. The molecule has 17 heavy (non-hydrogen) atoms. The third-order valence-corrected chi connectivity index (χ3v) is 3.70. The fourth-order valence-corrected chi connectivity index (χ4v) is 2.56. The van der Waals surface area contributed by atoms with Crippen LogP contribution in [0.3, 0.4) is 0 Å². The first kappa shape index (κ1) is 12.2. The number of benzene rings is 1. The van der Waals surface area contributed by atoms with Crippen LogP contribution in [-0.4, -0.2) is 20.8 Å². The highest BCUT2D eigenvalue weighted by Gasteiger charge is 2.42. The highest BCUT2D eigenvalue weighted by Crippen LogP contribution is 2.50. The van der Waals surface area contributed by atoms with Gasteiger partial charge in [-0.2, -0.15) is 0 Å². The summed E-state index contributed by atoms with van der Waals surface area (Å²) in [4.78, 5) is 0. The molecule has 94 valence electrons. The van der Waals surface area contributed by atoms with Crippen LogP contribution in [0, 0.1) is 5.82 Å². The molecule has 0 aliphatic heterocycles. The molecule has 0 atom stereocenters. The average Bonchev–Trinajstić information content (AvgIpc) is 2.29. The molecule has 0 bridgehead atoms. The summed E-state index contributed by atoms with van der Waals surface area (Å²) in [6.07, 6.45) is 3.14. The van der Waals surface area contributed by atoms with Crippen LogP contribution in [0.4, 0.5) is 4.39 Å². The molecule has 0 aromatic heterocycles. The van der Waals surface area contributed by atoms with Crippen LogP contribution in [0.1, 0.15) is 24.8 Å². The Bertz CT molecular complexity index is 385. The van der Waals surface area contributed by atoms with E-state index in [1.165, 1.54) is 12.1 Å². The van der Waals surface area contributed by atoms with Crippen molar-refractivity contribution in [3.8, 4) is 11.5 Å². The van der Waals surface area contributed by atoms with Gasteiger partial charge in [0.15, 0.2) is 0 Å². The predicted molar refractivity (Wildman–Crippen MR) is 64.1 cm³/mol. The van der Waals surface area contributed by atoms with Gasteiger partial charge < -0.3 is 15.2 Å². The fourth-order valence-electron chi connectivity index (χ4n) is 2.56. The van der Waals surface area contributed by atoms with Crippen LogP contribution in [0.15, 0.2) is 12.1 Å². The number of hydrogen-bond donors (Lipinski definition) is 1. The molecular formula is C13H18FNO2. The Morgan fingerprint density at radius 1 is 1.24 bits per heavy atom. The Morgan fingerprint density at radius 2 is 1.76 bits per heavy atom. The topological polar surface area (TPSA) is 44.5 Å². The Kier molecular flexibility index (Phi) is 3.24. The van der Waals surface area contributed by atoms with Crippen molar-refractivity contribution < 1.29 is 13.9 Å². The van der Waals surface area contributed by atoms with E-state index in [2.05, 4.69) is 0 Å². The standard InChI is InChI=1S/C13H18FNO2/c1-16-10-6-9(14)7-11(17-2)12(10)13(8-15)4-3-5-13/h6-7H,3-5,8,15H2,1-2H3. The SMILES string of the molecule is COc1cc(F)cc(OC)c1C1(CN)CCC1. The van der Waals surface area contributed by atoms with E-state index in [4.69, 9.17) is 15.2 Å². The molecule has 0 radical (unpaired) electrons. The third kappa shape index (κ3) is 1.86. The molecule has 2 N–H and O–H groups in total. The molecule has 1 aromatic rings. The summed E-state index contributed by atoms with van der Waals surface area (Å²) in [6.45, 7) is 0.533. The zero-order valence-electron chi connectivity index (χ0n) is 10.3. The lowest BCUT2D eigenvalue weighted by Crippen LogP contribution is -2.42. The van der Waals surface area contributed by atoms with Gasteiger partial charge in [0.2, 0.25) is 0 Å². The summed E-state index contributed by atoms with van der Waals surface area (Å²) in [5.74, 6) is 0.716. The van der Waals surface area contributed by atoms with Crippen molar-refractivity contribution in [1.29, 1.82) is 0 Å². The lowest BCUT2D eigenvalue weighted by molar-refractivity contribution is 0.233. The monoisotopic (exact) mass is 239 g/mol. The normalized spacial score (nSPS) is 17.4. The zero-order chi connectivity index (χ0) is 12.5. The maximum Gasteiger partial charge on any atom is 0.130 e. The predicted octanol–water partition coefficient (Wildman–Crippen LogP) is 2.22. The van der Waals surface area contributed by atoms with E-state index in [1.807, 2.05) is 0 Å². The summed E-state index contributed by atoms with van der Waals surface area (Å²) in [7, 11) is 3.08. The first-order chi connectivity index (χ1) is 8.16. The summed E-state index contributed by atoms with van der Waals surface area (Å²) in [6, 6.07) is 2.79. The van der Waals surface area contributed by atoms with Gasteiger partial charge in [-0.25, -0.2) is 4.39 Å². The van der Waals surface area contributed by atoms with Crippen LogP contribution in [0.2, 0.25) is 0 Å².